The first-order valence-electron chi connectivity index (χ1n) is 2.61. The van der Waals surface area contributed by atoms with Gasteiger partial charge in [0.2, 0.25) is 0 Å². The van der Waals surface area contributed by atoms with E-state index < -0.39 is 0 Å². The van der Waals surface area contributed by atoms with Crippen molar-refractivity contribution in [1.29, 1.82) is 0 Å². The third-order valence-corrected chi connectivity index (χ3v) is 2.19. The van der Waals surface area contributed by atoms with Gasteiger partial charge >= 0.3 is 0 Å². The van der Waals surface area contributed by atoms with E-state index in [1.54, 1.807) is 6.26 Å². The SMILES string of the molecule is O=C1SCc2ccoc21. The van der Waals surface area contributed by atoms with Crippen molar-refractivity contribution in [3.05, 3.63) is 23.7 Å². The molecule has 0 bridgehead atoms. The molecule has 2 nitrogen and oxygen atoms in total. The van der Waals surface area contributed by atoms with E-state index in [0.29, 0.717) is 5.76 Å². The fourth-order valence-electron chi connectivity index (χ4n) is 0.837. The second kappa shape index (κ2) is 1.64. The van der Waals surface area contributed by atoms with E-state index in [4.69, 9.17) is 4.42 Å². The maximum Gasteiger partial charge on any atom is 0.255 e. The first kappa shape index (κ1) is 5.11. The fraction of sp³-hybridized carbons (Fsp3) is 0.167. The van der Waals surface area contributed by atoms with E-state index >= 15 is 0 Å². The average Bonchev–Trinajstić information content (AvgIpc) is 2.35. The molecular weight excluding hydrogens is 136 g/mol. The molecule has 1 aromatic rings. The Morgan fingerprint density at radius 3 is 3.33 bits per heavy atom. The number of thioether (sulfide) groups is 1. The molecule has 9 heavy (non-hydrogen) atoms. The van der Waals surface area contributed by atoms with E-state index in [1.165, 1.54) is 11.8 Å². The largest absolute Gasteiger partial charge is 0.460 e. The summed E-state index contributed by atoms with van der Waals surface area (Å²) in [6, 6.07) is 1.84. The normalized spacial score (nSPS) is 16.2. The highest BCUT2D eigenvalue weighted by molar-refractivity contribution is 8.13. The van der Waals surface area contributed by atoms with Crippen LogP contribution in [0, 0.1) is 0 Å². The summed E-state index contributed by atoms with van der Waals surface area (Å²) in [7, 11) is 0. The Balaban J connectivity index is 2.61. The van der Waals surface area contributed by atoms with Gasteiger partial charge in [0.1, 0.15) is 0 Å². The first-order chi connectivity index (χ1) is 4.38. The Labute approximate surface area is 56.2 Å². The smallest absolute Gasteiger partial charge is 0.255 e. The van der Waals surface area contributed by atoms with Gasteiger partial charge in [0.15, 0.2) is 5.76 Å². The summed E-state index contributed by atoms with van der Waals surface area (Å²) in [6.45, 7) is 0. The summed E-state index contributed by atoms with van der Waals surface area (Å²) in [5.74, 6) is 1.32. The van der Waals surface area contributed by atoms with Crippen molar-refractivity contribution in [2.24, 2.45) is 0 Å². The summed E-state index contributed by atoms with van der Waals surface area (Å²) in [5.41, 5.74) is 1.03. The lowest BCUT2D eigenvalue weighted by atomic mass is 10.3. The van der Waals surface area contributed by atoms with Crippen LogP contribution >= 0.6 is 11.8 Å². The van der Waals surface area contributed by atoms with E-state index in [9.17, 15) is 4.79 Å². The molecule has 0 fully saturated rings. The molecule has 0 unspecified atom stereocenters. The zero-order chi connectivity index (χ0) is 6.27. The minimum absolute atomic E-state index is 0.0648. The van der Waals surface area contributed by atoms with Gasteiger partial charge in [-0.25, -0.2) is 0 Å². The summed E-state index contributed by atoms with van der Waals surface area (Å²) < 4.78 is 4.92. The summed E-state index contributed by atoms with van der Waals surface area (Å²) in [5, 5.41) is 0.0648. The van der Waals surface area contributed by atoms with Gasteiger partial charge in [-0.2, -0.15) is 0 Å². The molecule has 0 atom stereocenters. The van der Waals surface area contributed by atoms with Gasteiger partial charge in [-0.05, 0) is 6.07 Å². The standard InChI is InChI=1S/C6H4O2S/c7-6-5-4(3-9-6)1-2-8-5/h1-2H,3H2. The first-order valence-corrected chi connectivity index (χ1v) is 3.60. The molecule has 0 saturated heterocycles. The number of fused-ring (bicyclic) bond motifs is 1. The average molecular weight is 140 g/mol. The zero-order valence-corrected chi connectivity index (χ0v) is 5.40. The van der Waals surface area contributed by atoms with Gasteiger partial charge in [-0.15, -0.1) is 0 Å². The molecule has 0 amide bonds. The van der Waals surface area contributed by atoms with Gasteiger partial charge in [0.05, 0.1) is 6.26 Å². The van der Waals surface area contributed by atoms with Crippen LogP contribution in [-0.4, -0.2) is 5.12 Å². The van der Waals surface area contributed by atoms with Crippen molar-refractivity contribution in [1.82, 2.24) is 0 Å². The van der Waals surface area contributed by atoms with Crippen molar-refractivity contribution < 1.29 is 9.21 Å². The Morgan fingerprint density at radius 1 is 1.67 bits per heavy atom. The number of carbonyl (C=O) groups excluding carboxylic acids is 1. The van der Waals surface area contributed by atoms with Crippen molar-refractivity contribution in [2.45, 2.75) is 5.75 Å². The molecule has 46 valence electrons. The molecular formula is C6H4O2S. The summed E-state index contributed by atoms with van der Waals surface area (Å²) in [6.07, 6.45) is 1.56. The van der Waals surface area contributed by atoms with E-state index in [1.807, 2.05) is 6.07 Å². The molecule has 2 heterocycles. The molecule has 0 aromatic carbocycles. The third-order valence-electron chi connectivity index (χ3n) is 1.29. The Bertz CT molecular complexity index is 251. The topological polar surface area (TPSA) is 30.2 Å². The Hall–Kier alpha value is -0.700. The number of hydrogen-bond donors (Lipinski definition) is 0. The third kappa shape index (κ3) is 0.612. The molecule has 0 saturated carbocycles. The van der Waals surface area contributed by atoms with Crippen molar-refractivity contribution in [3.8, 4) is 0 Å². The van der Waals surface area contributed by atoms with Crippen LogP contribution in [0.2, 0.25) is 0 Å². The van der Waals surface area contributed by atoms with Gasteiger partial charge in [-0.3, -0.25) is 4.79 Å². The van der Waals surface area contributed by atoms with Crippen LogP contribution in [0.4, 0.5) is 0 Å². The van der Waals surface area contributed by atoms with Crippen LogP contribution in [0.1, 0.15) is 16.1 Å². The minimum atomic E-state index is 0.0648. The molecule has 0 N–H and O–H groups in total. The van der Waals surface area contributed by atoms with Crippen LogP contribution in [0.25, 0.3) is 0 Å². The second-order valence-corrected chi connectivity index (χ2v) is 2.80. The highest BCUT2D eigenvalue weighted by Gasteiger charge is 2.22. The molecule has 0 radical (unpaired) electrons. The van der Waals surface area contributed by atoms with Crippen molar-refractivity contribution in [2.75, 3.05) is 0 Å². The van der Waals surface area contributed by atoms with Crippen LogP contribution in [0.15, 0.2) is 16.7 Å². The molecule has 3 heteroatoms. The summed E-state index contributed by atoms with van der Waals surface area (Å²) in [4.78, 5) is 10.8. The van der Waals surface area contributed by atoms with E-state index in [-0.39, 0.29) is 5.12 Å². The lowest BCUT2D eigenvalue weighted by Gasteiger charge is -1.78. The van der Waals surface area contributed by atoms with E-state index in [2.05, 4.69) is 0 Å². The van der Waals surface area contributed by atoms with E-state index in [0.717, 1.165) is 11.3 Å². The predicted molar refractivity (Wildman–Crippen MR) is 34.3 cm³/mol. The molecule has 1 aliphatic heterocycles. The van der Waals surface area contributed by atoms with Gasteiger partial charge in [-0.1, -0.05) is 11.8 Å². The number of rotatable bonds is 0. The highest BCUT2D eigenvalue weighted by atomic mass is 32.2. The zero-order valence-electron chi connectivity index (χ0n) is 4.59. The van der Waals surface area contributed by atoms with Crippen LogP contribution in [0.5, 0.6) is 0 Å². The maximum absolute atomic E-state index is 10.8. The van der Waals surface area contributed by atoms with Crippen molar-refractivity contribution in [3.63, 3.8) is 0 Å². The van der Waals surface area contributed by atoms with Crippen LogP contribution in [0.3, 0.4) is 0 Å². The minimum Gasteiger partial charge on any atom is -0.460 e. The quantitative estimate of drug-likeness (QED) is 0.549. The van der Waals surface area contributed by atoms with Gasteiger partial charge < -0.3 is 4.42 Å². The second-order valence-electron chi connectivity index (χ2n) is 1.85. The molecule has 0 aliphatic carbocycles. The van der Waals surface area contributed by atoms with Crippen LogP contribution in [-0.2, 0) is 5.75 Å². The molecule has 1 aromatic heterocycles. The maximum atomic E-state index is 10.8. The predicted octanol–water partition coefficient (Wildman–Crippen LogP) is 1.67. The molecule has 2 rings (SSSR count). The summed E-state index contributed by atoms with van der Waals surface area (Å²) >= 11 is 1.30. The number of hydrogen-bond acceptors (Lipinski definition) is 3. The van der Waals surface area contributed by atoms with Crippen molar-refractivity contribution >= 4 is 16.9 Å². The fourth-order valence-corrected chi connectivity index (χ4v) is 1.66. The molecule has 0 spiro atoms. The lowest BCUT2D eigenvalue weighted by molar-refractivity contribution is 0.106. The Kier molecular flexibility index (Phi) is 0.931. The molecule has 1 aliphatic rings. The number of carbonyl (C=O) groups is 1. The highest BCUT2D eigenvalue weighted by Crippen LogP contribution is 2.29. The lowest BCUT2D eigenvalue weighted by Crippen LogP contribution is -1.81. The monoisotopic (exact) mass is 140 g/mol. The van der Waals surface area contributed by atoms with Gasteiger partial charge in [0, 0.05) is 11.3 Å². The Morgan fingerprint density at radius 2 is 2.56 bits per heavy atom. The van der Waals surface area contributed by atoms with Crippen LogP contribution < -0.4 is 0 Å². The number of furan rings is 1. The van der Waals surface area contributed by atoms with Gasteiger partial charge in [0.25, 0.3) is 5.12 Å².